The van der Waals surface area contributed by atoms with E-state index in [4.69, 9.17) is 32.2 Å². The van der Waals surface area contributed by atoms with Gasteiger partial charge in [-0.1, -0.05) is 54.0 Å². The van der Waals surface area contributed by atoms with Crippen molar-refractivity contribution in [1.82, 2.24) is 9.80 Å². The number of rotatable bonds is 3. The highest BCUT2D eigenvalue weighted by Crippen LogP contribution is 2.30. The molecule has 0 spiro atoms. The van der Waals surface area contributed by atoms with Crippen molar-refractivity contribution >= 4 is 11.6 Å². The van der Waals surface area contributed by atoms with Crippen LogP contribution in [-0.4, -0.2) is 42.8 Å². The Bertz CT molecular complexity index is 1110. The molecule has 1 saturated heterocycles. The lowest BCUT2D eigenvalue weighted by molar-refractivity contribution is 0.127. The van der Waals surface area contributed by atoms with Crippen molar-refractivity contribution in [3.05, 3.63) is 70.7 Å². The summed E-state index contributed by atoms with van der Waals surface area (Å²) < 4.78 is 124. The maximum Gasteiger partial charge on any atom is 0.0639 e. The maximum absolute atomic E-state index is 8.63. The summed E-state index contributed by atoms with van der Waals surface area (Å²) in [4.78, 5) is -0.363. The normalized spacial score (nSPS) is 39.2. The Morgan fingerprint density at radius 3 is 2.33 bits per heavy atom. The van der Waals surface area contributed by atoms with E-state index in [2.05, 4.69) is 0 Å². The van der Waals surface area contributed by atoms with Crippen LogP contribution in [0.15, 0.2) is 54.5 Å². The molecule has 0 N–H and O–H groups in total. The minimum absolute atomic E-state index is 0.0256. The molecule has 0 aromatic heterocycles. The van der Waals surface area contributed by atoms with Crippen molar-refractivity contribution in [1.29, 1.82) is 0 Å². The average molecular weight is 316 g/mol. The predicted octanol–water partition coefficient (Wildman–Crippen LogP) is 3.68. The molecule has 3 rings (SSSR count). The van der Waals surface area contributed by atoms with Gasteiger partial charge in [0.25, 0.3) is 0 Å². The minimum atomic E-state index is -3.68. The zero-order valence-corrected chi connectivity index (χ0v) is 11.5. The molecule has 1 fully saturated rings. The molecule has 110 valence electrons. The zero-order valence-electron chi connectivity index (χ0n) is 25.7. The number of piperazine rings is 1. The standard InChI is InChI=1S/C18H21ClN2/c1-20-11-13-21(14-12-20)18(15-5-3-2-4-6-15)16-7-9-17(19)10-8-16/h2-10,18H,11-14H2,1H3/i1D3,7D,8D,9D,10D,11D2,12D2,13D2,14D2. The summed E-state index contributed by atoms with van der Waals surface area (Å²) in [5.41, 5.74) is -0.621. The van der Waals surface area contributed by atoms with Crippen molar-refractivity contribution in [2.45, 2.75) is 6.04 Å². The first kappa shape index (κ1) is 5.09. The van der Waals surface area contributed by atoms with Gasteiger partial charge in [-0.15, -0.1) is 0 Å². The summed E-state index contributed by atoms with van der Waals surface area (Å²) in [5, 5.41) is -0.551. The molecule has 0 amide bonds. The largest absolute Gasteiger partial charge is 0.304 e. The van der Waals surface area contributed by atoms with E-state index in [1.807, 2.05) is 0 Å². The lowest BCUT2D eigenvalue weighted by Gasteiger charge is -2.38. The van der Waals surface area contributed by atoms with Crippen LogP contribution in [0.4, 0.5) is 0 Å². The quantitative estimate of drug-likeness (QED) is 0.852. The van der Waals surface area contributed by atoms with Gasteiger partial charge in [0.05, 0.1) is 11.5 Å². The summed E-state index contributed by atoms with van der Waals surface area (Å²) in [6.07, 6.45) is 0. The first-order chi connectivity index (χ1) is 16.1. The van der Waals surface area contributed by atoms with Gasteiger partial charge in [-0.25, -0.2) is 0 Å². The molecule has 1 unspecified atom stereocenters. The highest BCUT2D eigenvalue weighted by molar-refractivity contribution is 6.30. The van der Waals surface area contributed by atoms with E-state index in [9.17, 15) is 0 Å². The molecule has 1 atom stereocenters. The fourth-order valence-corrected chi connectivity index (χ4v) is 2.01. The van der Waals surface area contributed by atoms with Crippen LogP contribution in [0.2, 0.25) is 5.02 Å². The Hall–Kier alpha value is -1.35. The van der Waals surface area contributed by atoms with Gasteiger partial charge < -0.3 is 4.90 Å². The monoisotopic (exact) mass is 315 g/mol. The molecule has 1 aliphatic rings. The Kier molecular flexibility index (Phi) is 1.60. The molecule has 21 heavy (non-hydrogen) atoms. The molecule has 2 nitrogen and oxygen atoms in total. The van der Waals surface area contributed by atoms with E-state index in [1.165, 1.54) is 24.3 Å². The number of halogens is 1. The van der Waals surface area contributed by atoms with Gasteiger partial charge in [0.15, 0.2) is 0 Å². The van der Waals surface area contributed by atoms with Crippen LogP contribution in [0.5, 0.6) is 0 Å². The SMILES string of the molecule is [2H]c1c([2H])c(C(c2ccccc2)N2C([2H])([2H])C([2H])([2H])N(C([2H])([2H])[2H])C([2H])([2H])C2([2H])[2H])c([2H])c([2H])c1Cl. The molecular weight excluding hydrogens is 280 g/mol. The molecule has 3 heteroatoms. The topological polar surface area (TPSA) is 6.48 Å². The Morgan fingerprint density at radius 1 is 1.05 bits per heavy atom. The van der Waals surface area contributed by atoms with Gasteiger partial charge in [-0.05, 0) is 30.2 Å². The van der Waals surface area contributed by atoms with Crippen LogP contribution >= 0.6 is 11.6 Å². The molecule has 1 heterocycles. The third-order valence-corrected chi connectivity index (χ3v) is 3.01. The number of benzene rings is 2. The van der Waals surface area contributed by atoms with Gasteiger partial charge in [-0.3, -0.25) is 4.90 Å². The van der Waals surface area contributed by atoms with Crippen molar-refractivity contribution in [2.24, 2.45) is 0 Å². The average Bonchev–Trinajstić information content (AvgIpc) is 2.73. The van der Waals surface area contributed by atoms with Crippen molar-refractivity contribution in [3.8, 4) is 0 Å². The second kappa shape index (κ2) is 6.61. The van der Waals surface area contributed by atoms with E-state index in [-0.39, 0.29) is 10.5 Å². The number of likely N-dealkylation sites (N-methyl/N-ethyl adjacent to an activating group) is 1. The number of hydrogen-bond donors (Lipinski definition) is 0. The highest BCUT2D eigenvalue weighted by Gasteiger charge is 2.25. The smallest absolute Gasteiger partial charge is 0.0639 e. The van der Waals surface area contributed by atoms with E-state index in [0.29, 0.717) is 0 Å². The third-order valence-electron chi connectivity index (χ3n) is 2.83. The second-order valence-electron chi connectivity index (χ2n) is 4.19. The van der Waals surface area contributed by atoms with Crippen LogP contribution in [-0.2, 0) is 0 Å². The van der Waals surface area contributed by atoms with Crippen LogP contribution < -0.4 is 0 Å². The molecule has 2 aromatic carbocycles. The summed E-state index contributed by atoms with van der Waals surface area (Å²) in [6.45, 7) is -18.2. The van der Waals surface area contributed by atoms with E-state index in [0.717, 1.165) is 0 Å². The Morgan fingerprint density at radius 2 is 1.71 bits per heavy atom. The van der Waals surface area contributed by atoms with Gasteiger partial charge in [0, 0.05) is 46.1 Å². The van der Waals surface area contributed by atoms with Crippen LogP contribution in [0.25, 0.3) is 0 Å². The summed E-state index contributed by atoms with van der Waals surface area (Å²) in [7, 11) is 0. The Labute approximate surface area is 153 Å². The summed E-state index contributed by atoms with van der Waals surface area (Å²) in [5.74, 6) is 0. The Balaban J connectivity index is 2.50. The lowest BCUT2D eigenvalue weighted by Crippen LogP contribution is -2.46. The van der Waals surface area contributed by atoms with E-state index in [1.54, 1.807) is 6.07 Å². The third kappa shape index (κ3) is 3.46. The van der Waals surface area contributed by atoms with Crippen molar-refractivity contribution < 1.29 is 20.6 Å². The van der Waals surface area contributed by atoms with Crippen LogP contribution in [0, 0.1) is 0 Å². The van der Waals surface area contributed by atoms with E-state index < -0.39 is 78.7 Å². The number of hydrogen-bond acceptors (Lipinski definition) is 2. The van der Waals surface area contributed by atoms with E-state index >= 15 is 0 Å². The van der Waals surface area contributed by atoms with Gasteiger partial charge >= 0.3 is 0 Å². The zero-order chi connectivity index (χ0) is 27.8. The molecule has 2 aromatic rings. The molecule has 1 aliphatic heterocycles. The summed E-state index contributed by atoms with van der Waals surface area (Å²) in [6, 6.07) is 2.17. The molecular formula is C18H21ClN2. The molecule has 0 aliphatic carbocycles. The van der Waals surface area contributed by atoms with Gasteiger partial charge in [0.2, 0.25) is 0 Å². The first-order valence-corrected chi connectivity index (χ1v) is 6.43. The number of nitrogens with zero attached hydrogens (tertiary/aromatic N) is 2. The van der Waals surface area contributed by atoms with Crippen molar-refractivity contribution in [3.63, 3.8) is 0 Å². The molecule has 0 radical (unpaired) electrons. The predicted molar refractivity (Wildman–Crippen MR) is 88.8 cm³/mol. The van der Waals surface area contributed by atoms with Crippen LogP contribution in [0.1, 0.15) is 37.7 Å². The molecule has 0 saturated carbocycles. The van der Waals surface area contributed by atoms with Gasteiger partial charge in [0.1, 0.15) is 0 Å². The van der Waals surface area contributed by atoms with Crippen LogP contribution in [0.3, 0.4) is 0 Å². The second-order valence-corrected chi connectivity index (χ2v) is 4.57. The first-order valence-electron chi connectivity index (χ1n) is 13.6. The van der Waals surface area contributed by atoms with Gasteiger partial charge in [-0.2, -0.15) is 0 Å². The molecule has 0 bridgehead atoms. The minimum Gasteiger partial charge on any atom is -0.304 e. The highest BCUT2D eigenvalue weighted by atomic mass is 35.5. The van der Waals surface area contributed by atoms with Crippen molar-refractivity contribution in [2.75, 3.05) is 33.0 Å². The lowest BCUT2D eigenvalue weighted by atomic mass is 9.96. The fourth-order valence-electron chi connectivity index (χ4n) is 1.92. The fraction of sp³-hybridized carbons (Fsp3) is 0.333. The maximum atomic E-state index is 8.63. The summed E-state index contributed by atoms with van der Waals surface area (Å²) >= 11 is 5.90.